The number of nitrogens with one attached hydrogen (secondary N) is 1. The molecule has 122 valence electrons. The van der Waals surface area contributed by atoms with E-state index in [-0.39, 0.29) is 16.7 Å². The molecule has 23 heavy (non-hydrogen) atoms. The summed E-state index contributed by atoms with van der Waals surface area (Å²) in [6.07, 6.45) is 0. The highest BCUT2D eigenvalue weighted by Crippen LogP contribution is 2.33. The molecule has 0 aliphatic carbocycles. The second kappa shape index (κ2) is 6.07. The van der Waals surface area contributed by atoms with Crippen LogP contribution in [0.4, 0.5) is 0 Å². The molecular formula is C16H18N2O3S2. The van der Waals surface area contributed by atoms with Crippen molar-refractivity contribution < 1.29 is 13.2 Å². The van der Waals surface area contributed by atoms with Gasteiger partial charge in [0.15, 0.2) is 0 Å². The van der Waals surface area contributed by atoms with E-state index in [1.54, 1.807) is 12.1 Å². The summed E-state index contributed by atoms with van der Waals surface area (Å²) < 4.78 is 27.6. The third-order valence-electron chi connectivity index (χ3n) is 3.93. The van der Waals surface area contributed by atoms with Crippen LogP contribution < -0.4 is 5.32 Å². The average Bonchev–Trinajstić information content (AvgIpc) is 2.95. The minimum Gasteiger partial charge on any atom is -0.353 e. The number of rotatable bonds is 3. The van der Waals surface area contributed by atoms with Gasteiger partial charge in [0.1, 0.15) is 10.3 Å². The summed E-state index contributed by atoms with van der Waals surface area (Å²) in [5.74, 6) is -0.276. The van der Waals surface area contributed by atoms with Crippen LogP contribution in [0.15, 0.2) is 40.6 Å². The first-order chi connectivity index (χ1) is 10.9. The third kappa shape index (κ3) is 2.91. The molecule has 2 heterocycles. The summed E-state index contributed by atoms with van der Waals surface area (Å²) in [7, 11) is -3.70. The maximum absolute atomic E-state index is 13.0. The van der Waals surface area contributed by atoms with Crippen molar-refractivity contribution in [2.75, 3.05) is 13.1 Å². The van der Waals surface area contributed by atoms with E-state index < -0.39 is 16.1 Å². The molecule has 2 aromatic rings. The Hall–Kier alpha value is -1.70. The van der Waals surface area contributed by atoms with Gasteiger partial charge in [0, 0.05) is 18.0 Å². The van der Waals surface area contributed by atoms with Crippen LogP contribution in [0.25, 0.3) is 0 Å². The summed E-state index contributed by atoms with van der Waals surface area (Å²) in [6.45, 7) is 4.34. The Bertz CT molecular complexity index is 843. The van der Waals surface area contributed by atoms with E-state index >= 15 is 0 Å². The van der Waals surface area contributed by atoms with Crippen LogP contribution in [0.2, 0.25) is 0 Å². The van der Waals surface area contributed by atoms with Gasteiger partial charge >= 0.3 is 0 Å². The number of aryl methyl sites for hydroxylation is 2. The summed E-state index contributed by atoms with van der Waals surface area (Å²) in [6, 6.07) is 9.97. The molecule has 1 fully saturated rings. The monoisotopic (exact) mass is 350 g/mol. The SMILES string of the molecule is Cc1ccc(S(=O)(=O)N2CCNC(=O)C2c2ccccc2C)s1. The number of hydrogen-bond donors (Lipinski definition) is 1. The molecule has 1 aliphatic heterocycles. The first-order valence-corrected chi connectivity index (χ1v) is 9.58. The quantitative estimate of drug-likeness (QED) is 0.923. The molecule has 1 aliphatic rings. The molecule has 1 aromatic carbocycles. The molecule has 3 rings (SSSR count). The van der Waals surface area contributed by atoms with E-state index in [1.807, 2.05) is 38.1 Å². The van der Waals surface area contributed by atoms with Crippen molar-refractivity contribution in [3.63, 3.8) is 0 Å². The molecule has 0 saturated carbocycles. The Labute approximate surface area is 140 Å². The Kier molecular flexibility index (Phi) is 4.27. The highest BCUT2D eigenvalue weighted by molar-refractivity contribution is 7.91. The van der Waals surface area contributed by atoms with E-state index in [4.69, 9.17) is 0 Å². The molecule has 1 aromatic heterocycles. The van der Waals surface area contributed by atoms with Crippen molar-refractivity contribution in [3.8, 4) is 0 Å². The lowest BCUT2D eigenvalue weighted by atomic mass is 9.99. The van der Waals surface area contributed by atoms with Crippen LogP contribution in [0, 0.1) is 13.8 Å². The Balaban J connectivity index is 2.09. The lowest BCUT2D eigenvalue weighted by Gasteiger charge is -2.34. The van der Waals surface area contributed by atoms with Gasteiger partial charge in [-0.25, -0.2) is 8.42 Å². The van der Waals surface area contributed by atoms with Gasteiger partial charge in [-0.2, -0.15) is 4.31 Å². The second-order valence-electron chi connectivity index (χ2n) is 5.53. The largest absolute Gasteiger partial charge is 0.353 e. The highest BCUT2D eigenvalue weighted by atomic mass is 32.2. The van der Waals surface area contributed by atoms with Gasteiger partial charge in [0.05, 0.1) is 0 Å². The van der Waals surface area contributed by atoms with Crippen LogP contribution in [-0.4, -0.2) is 31.7 Å². The van der Waals surface area contributed by atoms with Crippen molar-refractivity contribution in [3.05, 3.63) is 52.4 Å². The Morgan fingerprint density at radius 2 is 1.91 bits per heavy atom. The molecule has 1 saturated heterocycles. The van der Waals surface area contributed by atoms with Crippen LogP contribution in [0.5, 0.6) is 0 Å². The standard InChI is InChI=1S/C16H18N2O3S2/c1-11-5-3-4-6-13(11)15-16(19)17-9-10-18(15)23(20,21)14-8-7-12(2)22-14/h3-8,15H,9-10H2,1-2H3,(H,17,19). The molecule has 5 nitrogen and oxygen atoms in total. The van der Waals surface area contributed by atoms with Crippen molar-refractivity contribution in [1.29, 1.82) is 0 Å². The fourth-order valence-electron chi connectivity index (χ4n) is 2.76. The zero-order chi connectivity index (χ0) is 16.6. The molecule has 1 unspecified atom stereocenters. The maximum atomic E-state index is 13.0. The van der Waals surface area contributed by atoms with Gasteiger partial charge in [0.25, 0.3) is 10.0 Å². The van der Waals surface area contributed by atoms with Crippen molar-refractivity contribution in [1.82, 2.24) is 9.62 Å². The van der Waals surface area contributed by atoms with Crippen LogP contribution in [0.1, 0.15) is 22.0 Å². The van der Waals surface area contributed by atoms with Gasteiger partial charge < -0.3 is 5.32 Å². The number of hydrogen-bond acceptors (Lipinski definition) is 4. The number of benzene rings is 1. The molecule has 1 atom stereocenters. The number of amides is 1. The third-order valence-corrected chi connectivity index (χ3v) is 7.26. The predicted molar refractivity (Wildman–Crippen MR) is 89.9 cm³/mol. The first kappa shape index (κ1) is 16.2. The Morgan fingerprint density at radius 1 is 1.17 bits per heavy atom. The lowest BCUT2D eigenvalue weighted by molar-refractivity contribution is -0.126. The fourth-order valence-corrected chi connectivity index (χ4v) is 5.74. The first-order valence-electron chi connectivity index (χ1n) is 7.33. The molecule has 0 spiro atoms. The van der Waals surface area contributed by atoms with E-state index in [1.165, 1.54) is 15.6 Å². The number of carbonyl (C=O) groups is 1. The zero-order valence-electron chi connectivity index (χ0n) is 12.9. The van der Waals surface area contributed by atoms with Crippen LogP contribution >= 0.6 is 11.3 Å². The molecular weight excluding hydrogens is 332 g/mol. The minimum absolute atomic E-state index is 0.268. The number of sulfonamides is 1. The Morgan fingerprint density at radius 3 is 2.57 bits per heavy atom. The van der Waals surface area contributed by atoms with Crippen molar-refractivity contribution in [2.45, 2.75) is 24.1 Å². The summed E-state index contributed by atoms with van der Waals surface area (Å²) in [5, 5.41) is 2.77. The van der Waals surface area contributed by atoms with E-state index in [2.05, 4.69) is 5.32 Å². The molecule has 1 amide bonds. The molecule has 0 bridgehead atoms. The van der Waals surface area contributed by atoms with Crippen LogP contribution in [0.3, 0.4) is 0 Å². The lowest BCUT2D eigenvalue weighted by Crippen LogP contribution is -2.52. The van der Waals surface area contributed by atoms with Gasteiger partial charge in [0.2, 0.25) is 5.91 Å². The van der Waals surface area contributed by atoms with E-state index in [9.17, 15) is 13.2 Å². The highest BCUT2D eigenvalue weighted by Gasteiger charge is 2.40. The number of nitrogens with zero attached hydrogens (tertiary/aromatic N) is 1. The molecule has 0 radical (unpaired) electrons. The topological polar surface area (TPSA) is 66.5 Å². The predicted octanol–water partition coefficient (Wildman–Crippen LogP) is 2.23. The van der Waals surface area contributed by atoms with E-state index in [0.717, 1.165) is 16.0 Å². The summed E-state index contributed by atoms with van der Waals surface area (Å²) in [4.78, 5) is 13.4. The van der Waals surface area contributed by atoms with Crippen molar-refractivity contribution >= 4 is 27.3 Å². The number of carbonyl (C=O) groups excluding carboxylic acids is 1. The van der Waals surface area contributed by atoms with E-state index in [0.29, 0.717) is 6.54 Å². The van der Waals surface area contributed by atoms with Gasteiger partial charge in [-0.05, 0) is 37.1 Å². The summed E-state index contributed by atoms with van der Waals surface area (Å²) in [5.41, 5.74) is 1.62. The van der Waals surface area contributed by atoms with Gasteiger partial charge in [-0.3, -0.25) is 4.79 Å². The molecule has 7 heteroatoms. The molecule has 1 N–H and O–H groups in total. The minimum atomic E-state index is -3.70. The number of piperazine rings is 1. The number of thiophene rings is 1. The smallest absolute Gasteiger partial charge is 0.253 e. The van der Waals surface area contributed by atoms with Gasteiger partial charge in [-0.1, -0.05) is 24.3 Å². The van der Waals surface area contributed by atoms with Gasteiger partial charge in [-0.15, -0.1) is 11.3 Å². The van der Waals surface area contributed by atoms with Crippen LogP contribution in [-0.2, 0) is 14.8 Å². The fraction of sp³-hybridized carbons (Fsp3) is 0.312. The average molecular weight is 350 g/mol. The second-order valence-corrected chi connectivity index (χ2v) is 8.94. The normalized spacial score (nSPS) is 19.6. The van der Waals surface area contributed by atoms with Crippen molar-refractivity contribution in [2.24, 2.45) is 0 Å². The zero-order valence-corrected chi connectivity index (χ0v) is 14.6. The maximum Gasteiger partial charge on any atom is 0.253 e. The summed E-state index contributed by atoms with van der Waals surface area (Å²) >= 11 is 1.23.